The largest absolute Gasteiger partial charge is 0.240 e. The summed E-state index contributed by atoms with van der Waals surface area (Å²) in [5.41, 5.74) is 4.42. The molecule has 0 fully saturated rings. The predicted molar refractivity (Wildman–Crippen MR) is 88.1 cm³/mol. The van der Waals surface area contributed by atoms with Crippen LogP contribution in [0.5, 0.6) is 0 Å². The fourth-order valence-corrected chi connectivity index (χ4v) is 2.48. The lowest BCUT2D eigenvalue weighted by Gasteiger charge is -2.05. The van der Waals surface area contributed by atoms with Gasteiger partial charge in [0.15, 0.2) is 0 Å². The highest BCUT2D eigenvalue weighted by Crippen LogP contribution is 2.29. The van der Waals surface area contributed by atoms with E-state index in [-0.39, 0.29) is 0 Å². The summed E-state index contributed by atoms with van der Waals surface area (Å²) in [6.07, 6.45) is 2.12. The van der Waals surface area contributed by atoms with Crippen LogP contribution in [-0.4, -0.2) is 9.78 Å². The third kappa shape index (κ3) is 2.86. The molecular formula is C18H17ClN2. The van der Waals surface area contributed by atoms with Crippen molar-refractivity contribution in [2.45, 2.75) is 19.8 Å². The fraction of sp³-hybridized carbons (Fsp3) is 0.167. The van der Waals surface area contributed by atoms with Gasteiger partial charge in [0.1, 0.15) is 0 Å². The van der Waals surface area contributed by atoms with Gasteiger partial charge < -0.3 is 0 Å². The van der Waals surface area contributed by atoms with Crippen molar-refractivity contribution in [3.05, 3.63) is 71.4 Å². The van der Waals surface area contributed by atoms with E-state index >= 15 is 0 Å². The van der Waals surface area contributed by atoms with Gasteiger partial charge in [0, 0.05) is 22.3 Å². The summed E-state index contributed by atoms with van der Waals surface area (Å²) in [6, 6.07) is 18.0. The van der Waals surface area contributed by atoms with Crippen molar-refractivity contribution in [3.63, 3.8) is 0 Å². The second-order valence-electron chi connectivity index (χ2n) is 5.37. The average Bonchev–Trinajstić information content (AvgIpc) is 2.94. The molecule has 0 unspecified atom stereocenters. The SMILES string of the molecule is CC(C)c1cn(-c2ccccc2)nc1-c1ccc(Cl)cc1. The van der Waals surface area contributed by atoms with Gasteiger partial charge in [-0.1, -0.05) is 55.8 Å². The van der Waals surface area contributed by atoms with Gasteiger partial charge in [0.25, 0.3) is 0 Å². The molecule has 1 heterocycles. The molecule has 0 saturated heterocycles. The molecule has 3 rings (SSSR count). The highest BCUT2D eigenvalue weighted by Gasteiger charge is 2.14. The molecule has 3 heteroatoms. The van der Waals surface area contributed by atoms with E-state index in [0.29, 0.717) is 5.92 Å². The molecule has 1 aromatic heterocycles. The fourth-order valence-electron chi connectivity index (χ4n) is 2.35. The molecule has 21 heavy (non-hydrogen) atoms. The summed E-state index contributed by atoms with van der Waals surface area (Å²) in [6.45, 7) is 4.37. The summed E-state index contributed by atoms with van der Waals surface area (Å²) in [5.74, 6) is 0.410. The monoisotopic (exact) mass is 296 g/mol. The van der Waals surface area contributed by atoms with E-state index in [4.69, 9.17) is 16.7 Å². The highest BCUT2D eigenvalue weighted by atomic mass is 35.5. The summed E-state index contributed by atoms with van der Waals surface area (Å²) in [4.78, 5) is 0. The van der Waals surface area contributed by atoms with Crippen LogP contribution < -0.4 is 0 Å². The van der Waals surface area contributed by atoms with Gasteiger partial charge in [0.2, 0.25) is 0 Å². The lowest BCUT2D eigenvalue weighted by atomic mass is 10.00. The van der Waals surface area contributed by atoms with Gasteiger partial charge in [0.05, 0.1) is 11.4 Å². The molecule has 0 N–H and O–H groups in total. The maximum atomic E-state index is 5.98. The average molecular weight is 297 g/mol. The van der Waals surface area contributed by atoms with Crippen molar-refractivity contribution in [2.24, 2.45) is 0 Å². The van der Waals surface area contributed by atoms with Crippen LogP contribution in [0.25, 0.3) is 16.9 Å². The minimum absolute atomic E-state index is 0.410. The van der Waals surface area contributed by atoms with E-state index < -0.39 is 0 Å². The van der Waals surface area contributed by atoms with Crippen LogP contribution in [0.1, 0.15) is 25.3 Å². The van der Waals surface area contributed by atoms with Crippen LogP contribution in [0.4, 0.5) is 0 Å². The zero-order valence-electron chi connectivity index (χ0n) is 12.1. The van der Waals surface area contributed by atoms with E-state index in [9.17, 15) is 0 Å². The smallest absolute Gasteiger partial charge is 0.0962 e. The molecule has 0 radical (unpaired) electrons. The number of hydrogen-bond acceptors (Lipinski definition) is 1. The molecule has 0 aliphatic carbocycles. The van der Waals surface area contributed by atoms with Crippen molar-refractivity contribution in [3.8, 4) is 16.9 Å². The van der Waals surface area contributed by atoms with Crippen molar-refractivity contribution in [1.82, 2.24) is 9.78 Å². The Bertz CT molecular complexity index is 728. The Balaban J connectivity index is 2.11. The quantitative estimate of drug-likeness (QED) is 0.640. The first-order valence-corrected chi connectivity index (χ1v) is 7.44. The van der Waals surface area contributed by atoms with Crippen molar-refractivity contribution in [2.75, 3.05) is 0 Å². The van der Waals surface area contributed by atoms with Gasteiger partial charge in [-0.3, -0.25) is 0 Å². The molecule has 0 amide bonds. The first kappa shape index (κ1) is 13.9. The van der Waals surface area contributed by atoms with Crippen LogP contribution in [0.3, 0.4) is 0 Å². The molecule has 0 atom stereocenters. The van der Waals surface area contributed by atoms with Crippen LogP contribution in [0.15, 0.2) is 60.8 Å². The molecule has 2 aromatic carbocycles. The number of hydrogen-bond donors (Lipinski definition) is 0. The van der Waals surface area contributed by atoms with Crippen molar-refractivity contribution >= 4 is 11.6 Å². The van der Waals surface area contributed by atoms with Crippen LogP contribution in [0, 0.1) is 0 Å². The number of benzene rings is 2. The lowest BCUT2D eigenvalue weighted by Crippen LogP contribution is -1.93. The lowest BCUT2D eigenvalue weighted by molar-refractivity contribution is 0.858. The van der Waals surface area contributed by atoms with E-state index in [1.807, 2.05) is 47.1 Å². The van der Waals surface area contributed by atoms with Crippen molar-refractivity contribution in [1.29, 1.82) is 0 Å². The molecule has 3 aromatic rings. The highest BCUT2D eigenvalue weighted by molar-refractivity contribution is 6.30. The second kappa shape index (κ2) is 5.74. The number of rotatable bonds is 3. The Morgan fingerprint density at radius 3 is 2.24 bits per heavy atom. The van der Waals surface area contributed by atoms with E-state index in [0.717, 1.165) is 22.0 Å². The van der Waals surface area contributed by atoms with Crippen LogP contribution in [-0.2, 0) is 0 Å². The van der Waals surface area contributed by atoms with Gasteiger partial charge in [-0.05, 0) is 30.2 Å². The zero-order valence-corrected chi connectivity index (χ0v) is 12.9. The number of nitrogens with zero attached hydrogens (tertiary/aromatic N) is 2. The summed E-state index contributed by atoms with van der Waals surface area (Å²) >= 11 is 5.98. The molecule has 0 saturated carbocycles. The molecule has 2 nitrogen and oxygen atoms in total. The predicted octanol–water partition coefficient (Wildman–Crippen LogP) is 5.32. The van der Waals surface area contributed by atoms with Gasteiger partial charge in [-0.25, -0.2) is 4.68 Å². The first-order chi connectivity index (χ1) is 10.1. The summed E-state index contributed by atoms with van der Waals surface area (Å²) in [7, 11) is 0. The molecule has 0 bridgehead atoms. The Kier molecular flexibility index (Phi) is 3.80. The Labute approximate surface area is 130 Å². The van der Waals surface area contributed by atoms with E-state index in [2.05, 4.69) is 32.2 Å². The number of para-hydroxylation sites is 1. The Hall–Kier alpha value is -2.06. The van der Waals surface area contributed by atoms with Gasteiger partial charge in [-0.2, -0.15) is 5.10 Å². The maximum absolute atomic E-state index is 5.98. The topological polar surface area (TPSA) is 17.8 Å². The Morgan fingerprint density at radius 2 is 1.62 bits per heavy atom. The van der Waals surface area contributed by atoms with Gasteiger partial charge in [-0.15, -0.1) is 0 Å². The number of halogens is 1. The molecule has 106 valence electrons. The molecule has 0 spiro atoms. The van der Waals surface area contributed by atoms with Gasteiger partial charge >= 0.3 is 0 Å². The summed E-state index contributed by atoms with van der Waals surface area (Å²) < 4.78 is 1.94. The van der Waals surface area contributed by atoms with E-state index in [1.165, 1.54) is 5.56 Å². The second-order valence-corrected chi connectivity index (χ2v) is 5.81. The normalized spacial score (nSPS) is 11.0. The molecule has 0 aliphatic rings. The minimum atomic E-state index is 0.410. The molecule has 0 aliphatic heterocycles. The van der Waals surface area contributed by atoms with Crippen molar-refractivity contribution < 1.29 is 0 Å². The third-order valence-electron chi connectivity index (χ3n) is 3.50. The summed E-state index contributed by atoms with van der Waals surface area (Å²) in [5, 5.41) is 5.52. The van der Waals surface area contributed by atoms with Crippen LogP contribution in [0.2, 0.25) is 5.02 Å². The maximum Gasteiger partial charge on any atom is 0.0962 e. The van der Waals surface area contributed by atoms with Crippen LogP contribution >= 0.6 is 11.6 Å². The number of aromatic nitrogens is 2. The standard InChI is InChI=1S/C18H17ClN2/c1-13(2)17-12-21(16-6-4-3-5-7-16)20-18(17)14-8-10-15(19)11-9-14/h3-13H,1-2H3. The zero-order chi connectivity index (χ0) is 14.8. The third-order valence-corrected chi connectivity index (χ3v) is 3.75. The molecular weight excluding hydrogens is 280 g/mol. The first-order valence-electron chi connectivity index (χ1n) is 7.06. The minimum Gasteiger partial charge on any atom is -0.240 e. The Morgan fingerprint density at radius 1 is 0.952 bits per heavy atom. The van der Waals surface area contributed by atoms with E-state index in [1.54, 1.807) is 0 Å².